The summed E-state index contributed by atoms with van der Waals surface area (Å²) in [5, 5.41) is 11.9. The summed E-state index contributed by atoms with van der Waals surface area (Å²) in [6.45, 7) is 3.87. The minimum atomic E-state index is -1.01. The normalized spacial score (nSPS) is 19.0. The molecule has 0 aromatic rings. The highest BCUT2D eigenvalue weighted by atomic mass is 16.4. The Morgan fingerprint density at radius 3 is 2.29 bits per heavy atom. The zero-order valence-corrected chi connectivity index (χ0v) is 10.7. The summed E-state index contributed by atoms with van der Waals surface area (Å²) in [4.78, 5) is 23.0. The molecule has 0 aromatic carbocycles. The van der Waals surface area contributed by atoms with E-state index in [1.165, 1.54) is 6.42 Å². The average Bonchev–Trinajstić information content (AvgIpc) is 2.26. The highest BCUT2D eigenvalue weighted by molar-refractivity contribution is 5.97. The predicted molar refractivity (Wildman–Crippen MR) is 65.6 cm³/mol. The van der Waals surface area contributed by atoms with Crippen LogP contribution in [0.1, 0.15) is 52.4 Å². The Balaban J connectivity index is 2.49. The van der Waals surface area contributed by atoms with Gasteiger partial charge in [-0.1, -0.05) is 33.1 Å². The second kappa shape index (κ2) is 6.62. The molecular formula is C13H23NO3. The van der Waals surface area contributed by atoms with Gasteiger partial charge in [0.25, 0.3) is 0 Å². The fraction of sp³-hybridized carbons (Fsp3) is 0.846. The van der Waals surface area contributed by atoms with Crippen LogP contribution in [0.15, 0.2) is 0 Å². The number of hydrogen-bond acceptors (Lipinski definition) is 2. The van der Waals surface area contributed by atoms with Crippen molar-refractivity contribution in [1.29, 1.82) is 0 Å². The summed E-state index contributed by atoms with van der Waals surface area (Å²) in [6, 6.07) is 0.185. The number of aliphatic carboxylic acids is 1. The van der Waals surface area contributed by atoms with Crippen molar-refractivity contribution < 1.29 is 14.7 Å². The molecule has 2 N–H and O–H groups in total. The number of carboxylic acids is 1. The van der Waals surface area contributed by atoms with Crippen LogP contribution in [0.2, 0.25) is 0 Å². The van der Waals surface area contributed by atoms with Crippen molar-refractivity contribution in [3.63, 3.8) is 0 Å². The lowest BCUT2D eigenvalue weighted by Gasteiger charge is -2.24. The number of rotatable bonds is 5. The Morgan fingerprint density at radius 2 is 1.82 bits per heavy atom. The number of amides is 1. The maximum atomic E-state index is 11.9. The quantitative estimate of drug-likeness (QED) is 0.725. The van der Waals surface area contributed by atoms with E-state index in [2.05, 4.69) is 5.32 Å². The van der Waals surface area contributed by atoms with E-state index in [0.717, 1.165) is 25.7 Å². The largest absolute Gasteiger partial charge is 0.481 e. The van der Waals surface area contributed by atoms with Gasteiger partial charge in [0.2, 0.25) is 5.91 Å². The van der Waals surface area contributed by atoms with Crippen molar-refractivity contribution in [2.45, 2.75) is 58.4 Å². The first-order valence-electron chi connectivity index (χ1n) is 6.54. The second-order valence-corrected chi connectivity index (χ2v) is 5.36. The van der Waals surface area contributed by atoms with Gasteiger partial charge in [-0.05, 0) is 25.2 Å². The van der Waals surface area contributed by atoms with E-state index >= 15 is 0 Å². The molecule has 1 aliphatic rings. The van der Waals surface area contributed by atoms with E-state index in [1.54, 1.807) is 0 Å². The van der Waals surface area contributed by atoms with E-state index < -0.39 is 11.9 Å². The molecule has 0 spiro atoms. The smallest absolute Gasteiger partial charge is 0.316 e. The van der Waals surface area contributed by atoms with Gasteiger partial charge in [0.05, 0.1) is 0 Å². The summed E-state index contributed by atoms with van der Waals surface area (Å²) in [7, 11) is 0. The van der Waals surface area contributed by atoms with Crippen LogP contribution in [0.25, 0.3) is 0 Å². The molecule has 0 radical (unpaired) electrons. The molecule has 1 fully saturated rings. The van der Waals surface area contributed by atoms with Crippen LogP contribution in [0.5, 0.6) is 0 Å². The first kappa shape index (κ1) is 14.0. The maximum Gasteiger partial charge on any atom is 0.316 e. The van der Waals surface area contributed by atoms with Crippen LogP contribution in [0, 0.1) is 11.8 Å². The Kier molecular flexibility index (Phi) is 5.45. The van der Waals surface area contributed by atoms with Crippen molar-refractivity contribution in [1.82, 2.24) is 5.32 Å². The molecule has 0 unspecified atom stereocenters. The van der Waals surface area contributed by atoms with Crippen LogP contribution in [-0.4, -0.2) is 23.0 Å². The third-order valence-electron chi connectivity index (χ3n) is 3.27. The Morgan fingerprint density at radius 1 is 1.24 bits per heavy atom. The standard InChI is InChI=1S/C13H23NO3/c1-9(2)8-11(13(16)17)12(15)14-10-6-4-3-5-7-10/h9-11H,3-8H2,1-2H3,(H,14,15)(H,16,17)/t11-/m0/s1. The number of carbonyl (C=O) groups is 2. The molecule has 1 atom stereocenters. The monoisotopic (exact) mass is 241 g/mol. The third kappa shape index (κ3) is 4.75. The highest BCUT2D eigenvalue weighted by Gasteiger charge is 2.28. The van der Waals surface area contributed by atoms with Crippen molar-refractivity contribution in [3.8, 4) is 0 Å². The van der Waals surface area contributed by atoms with Gasteiger partial charge in [-0.15, -0.1) is 0 Å². The zero-order chi connectivity index (χ0) is 12.8. The van der Waals surface area contributed by atoms with E-state index in [-0.39, 0.29) is 17.9 Å². The highest BCUT2D eigenvalue weighted by Crippen LogP contribution is 2.19. The lowest BCUT2D eigenvalue weighted by Crippen LogP contribution is -2.42. The van der Waals surface area contributed by atoms with Gasteiger partial charge in [-0.2, -0.15) is 0 Å². The molecule has 1 aliphatic carbocycles. The minimum absolute atomic E-state index is 0.185. The van der Waals surface area contributed by atoms with Crippen molar-refractivity contribution >= 4 is 11.9 Å². The topological polar surface area (TPSA) is 66.4 Å². The molecule has 4 heteroatoms. The van der Waals surface area contributed by atoms with Gasteiger partial charge < -0.3 is 10.4 Å². The van der Waals surface area contributed by atoms with Crippen molar-refractivity contribution in [3.05, 3.63) is 0 Å². The number of carboxylic acid groups (broad SMARTS) is 1. The summed E-state index contributed by atoms with van der Waals surface area (Å²) in [5.41, 5.74) is 0. The maximum absolute atomic E-state index is 11.9. The van der Waals surface area contributed by atoms with Crippen LogP contribution >= 0.6 is 0 Å². The average molecular weight is 241 g/mol. The number of nitrogens with one attached hydrogen (secondary N) is 1. The Hall–Kier alpha value is -1.06. The summed E-state index contributed by atoms with van der Waals surface area (Å²) < 4.78 is 0. The number of carbonyl (C=O) groups excluding carboxylic acids is 1. The van der Waals surface area contributed by atoms with Crippen LogP contribution in [0.3, 0.4) is 0 Å². The molecule has 98 valence electrons. The molecular weight excluding hydrogens is 218 g/mol. The first-order chi connectivity index (χ1) is 8.00. The summed E-state index contributed by atoms with van der Waals surface area (Å²) in [6.07, 6.45) is 5.87. The van der Waals surface area contributed by atoms with E-state index in [9.17, 15) is 9.59 Å². The fourth-order valence-electron chi connectivity index (χ4n) is 2.34. The number of hydrogen-bond donors (Lipinski definition) is 2. The fourth-order valence-corrected chi connectivity index (χ4v) is 2.34. The molecule has 1 rings (SSSR count). The first-order valence-corrected chi connectivity index (χ1v) is 6.54. The van der Waals surface area contributed by atoms with Crippen molar-refractivity contribution in [2.75, 3.05) is 0 Å². The molecule has 1 saturated carbocycles. The van der Waals surface area contributed by atoms with E-state index in [4.69, 9.17) is 5.11 Å². The van der Waals surface area contributed by atoms with Gasteiger partial charge in [0.1, 0.15) is 5.92 Å². The van der Waals surface area contributed by atoms with E-state index in [0.29, 0.717) is 6.42 Å². The van der Waals surface area contributed by atoms with Gasteiger partial charge in [0.15, 0.2) is 0 Å². The molecule has 1 amide bonds. The lowest BCUT2D eigenvalue weighted by atomic mass is 9.93. The molecule has 0 bridgehead atoms. The third-order valence-corrected chi connectivity index (χ3v) is 3.27. The Labute approximate surface area is 103 Å². The van der Waals surface area contributed by atoms with Crippen LogP contribution < -0.4 is 5.32 Å². The molecule has 0 saturated heterocycles. The van der Waals surface area contributed by atoms with Gasteiger partial charge in [-0.25, -0.2) is 0 Å². The van der Waals surface area contributed by atoms with Gasteiger partial charge in [0, 0.05) is 6.04 Å². The minimum Gasteiger partial charge on any atom is -0.481 e. The van der Waals surface area contributed by atoms with Gasteiger partial charge >= 0.3 is 5.97 Å². The predicted octanol–water partition coefficient (Wildman–Crippen LogP) is 2.18. The zero-order valence-electron chi connectivity index (χ0n) is 10.7. The lowest BCUT2D eigenvalue weighted by molar-refractivity contribution is -0.148. The van der Waals surface area contributed by atoms with E-state index in [1.807, 2.05) is 13.8 Å². The Bertz CT molecular complexity index is 270. The summed E-state index contributed by atoms with van der Waals surface area (Å²) >= 11 is 0. The molecule has 0 aliphatic heterocycles. The van der Waals surface area contributed by atoms with Crippen LogP contribution in [-0.2, 0) is 9.59 Å². The molecule has 0 aromatic heterocycles. The second-order valence-electron chi connectivity index (χ2n) is 5.36. The summed E-state index contributed by atoms with van der Waals surface area (Å²) in [5.74, 6) is -1.99. The molecule has 4 nitrogen and oxygen atoms in total. The van der Waals surface area contributed by atoms with Crippen LogP contribution in [0.4, 0.5) is 0 Å². The van der Waals surface area contributed by atoms with Crippen molar-refractivity contribution in [2.24, 2.45) is 11.8 Å². The van der Waals surface area contributed by atoms with Gasteiger partial charge in [-0.3, -0.25) is 9.59 Å². The SMILES string of the molecule is CC(C)C[C@H](C(=O)O)C(=O)NC1CCCCC1. The molecule has 0 heterocycles. The molecule has 17 heavy (non-hydrogen) atoms.